The molecule has 0 aliphatic rings. The minimum atomic E-state index is -4.51. The molecular formula is C22H15F3N4O. The van der Waals surface area contributed by atoms with Gasteiger partial charge in [-0.1, -0.05) is 24.3 Å². The number of aryl methyl sites for hydroxylation is 1. The number of aliphatic hydroxyl groups excluding tert-OH is 1. The summed E-state index contributed by atoms with van der Waals surface area (Å²) < 4.78 is 38.7. The first-order valence-electron chi connectivity index (χ1n) is 8.73. The minimum Gasteiger partial charge on any atom is -0.392 e. The Kier molecular flexibility index (Phi) is 5.46. The Morgan fingerprint density at radius 3 is 2.10 bits per heavy atom. The number of nitrogens with two attached hydrogens (primary N) is 1. The predicted molar refractivity (Wildman–Crippen MR) is 105 cm³/mol. The number of benzene rings is 2. The van der Waals surface area contributed by atoms with E-state index in [1.54, 1.807) is 25.1 Å². The van der Waals surface area contributed by atoms with Crippen molar-refractivity contribution in [3.05, 3.63) is 70.3 Å². The number of nitriles is 2. The van der Waals surface area contributed by atoms with Gasteiger partial charge in [0.05, 0.1) is 23.4 Å². The van der Waals surface area contributed by atoms with Crippen molar-refractivity contribution < 1.29 is 18.3 Å². The van der Waals surface area contributed by atoms with Crippen molar-refractivity contribution in [2.75, 3.05) is 5.73 Å². The third-order valence-corrected chi connectivity index (χ3v) is 4.74. The minimum absolute atomic E-state index is 0.0247. The normalized spacial score (nSPS) is 11.0. The van der Waals surface area contributed by atoms with Crippen LogP contribution in [0.4, 0.5) is 19.0 Å². The summed E-state index contributed by atoms with van der Waals surface area (Å²) in [6, 6.07) is 13.1. The monoisotopic (exact) mass is 408 g/mol. The van der Waals surface area contributed by atoms with E-state index in [1.807, 2.05) is 12.1 Å². The standard InChI is InChI=1S/C22H15F3N4O/c1-12-8-14(2-3-15(12)11-30)20-17(9-26)19(18(10-27)21(28)29-20)13-4-6-16(7-5-13)22(23,24)25/h2-8,30H,11H2,1H3,(H2,28,29). The fourth-order valence-electron chi connectivity index (χ4n) is 3.17. The summed E-state index contributed by atoms with van der Waals surface area (Å²) in [5.41, 5.74) is 7.62. The van der Waals surface area contributed by atoms with Crippen LogP contribution in [0.15, 0.2) is 42.5 Å². The number of aliphatic hydroxyl groups is 1. The lowest BCUT2D eigenvalue weighted by atomic mass is 9.91. The average molecular weight is 408 g/mol. The van der Waals surface area contributed by atoms with Gasteiger partial charge in [-0.05, 0) is 41.8 Å². The molecule has 0 aliphatic carbocycles. The van der Waals surface area contributed by atoms with Crippen molar-refractivity contribution in [2.45, 2.75) is 19.7 Å². The lowest BCUT2D eigenvalue weighted by Gasteiger charge is -2.15. The van der Waals surface area contributed by atoms with Gasteiger partial charge in [0.1, 0.15) is 23.5 Å². The summed E-state index contributed by atoms with van der Waals surface area (Å²) >= 11 is 0. The van der Waals surface area contributed by atoms with Crippen LogP contribution in [0.1, 0.15) is 27.8 Å². The second kappa shape index (κ2) is 7.86. The number of nitrogens with zero attached hydrogens (tertiary/aromatic N) is 3. The molecule has 0 spiro atoms. The van der Waals surface area contributed by atoms with Crippen molar-refractivity contribution in [1.29, 1.82) is 10.5 Å². The van der Waals surface area contributed by atoms with Gasteiger partial charge in [0.2, 0.25) is 0 Å². The summed E-state index contributed by atoms with van der Waals surface area (Å²) in [5.74, 6) is -0.134. The lowest BCUT2D eigenvalue weighted by molar-refractivity contribution is -0.137. The topological polar surface area (TPSA) is 107 Å². The molecule has 1 heterocycles. The summed E-state index contributed by atoms with van der Waals surface area (Å²) in [5, 5.41) is 28.7. The van der Waals surface area contributed by atoms with Gasteiger partial charge in [-0.25, -0.2) is 4.98 Å². The number of nitrogen functional groups attached to an aromatic ring is 1. The van der Waals surface area contributed by atoms with Crippen LogP contribution in [-0.4, -0.2) is 10.1 Å². The van der Waals surface area contributed by atoms with Crippen molar-refractivity contribution in [3.8, 4) is 34.5 Å². The summed E-state index contributed by atoms with van der Waals surface area (Å²) in [6.07, 6.45) is -4.51. The van der Waals surface area contributed by atoms with Crippen LogP contribution >= 0.6 is 0 Å². The fourth-order valence-corrected chi connectivity index (χ4v) is 3.17. The van der Waals surface area contributed by atoms with Crippen LogP contribution in [0.3, 0.4) is 0 Å². The smallest absolute Gasteiger partial charge is 0.392 e. The summed E-state index contributed by atoms with van der Waals surface area (Å²) in [4.78, 5) is 4.21. The molecule has 1 aromatic heterocycles. The molecule has 0 atom stereocenters. The second-order valence-electron chi connectivity index (χ2n) is 6.57. The maximum atomic E-state index is 12.9. The van der Waals surface area contributed by atoms with Gasteiger partial charge in [-0.15, -0.1) is 0 Å². The maximum absolute atomic E-state index is 12.9. The molecule has 150 valence electrons. The number of hydrogen-bond acceptors (Lipinski definition) is 5. The van der Waals surface area contributed by atoms with Crippen molar-refractivity contribution in [2.24, 2.45) is 0 Å². The molecule has 0 fully saturated rings. The first kappa shape index (κ1) is 20.8. The van der Waals surface area contributed by atoms with Gasteiger partial charge in [-0.2, -0.15) is 23.7 Å². The largest absolute Gasteiger partial charge is 0.416 e. The molecule has 3 rings (SSSR count). The molecule has 0 saturated carbocycles. The number of pyridine rings is 1. The molecule has 0 bridgehead atoms. The van der Waals surface area contributed by atoms with Gasteiger partial charge in [0.25, 0.3) is 0 Å². The van der Waals surface area contributed by atoms with Gasteiger partial charge in [-0.3, -0.25) is 0 Å². The van der Waals surface area contributed by atoms with Gasteiger partial charge in [0, 0.05) is 11.1 Å². The van der Waals surface area contributed by atoms with E-state index in [-0.39, 0.29) is 40.4 Å². The van der Waals surface area contributed by atoms with E-state index in [0.29, 0.717) is 11.1 Å². The molecule has 0 unspecified atom stereocenters. The third-order valence-electron chi connectivity index (χ3n) is 4.74. The average Bonchev–Trinajstić information content (AvgIpc) is 2.72. The maximum Gasteiger partial charge on any atom is 0.416 e. The molecule has 2 aromatic carbocycles. The zero-order chi connectivity index (χ0) is 22.1. The van der Waals surface area contributed by atoms with E-state index in [0.717, 1.165) is 17.7 Å². The molecule has 3 aromatic rings. The molecule has 0 saturated heterocycles. The molecule has 0 radical (unpaired) electrons. The van der Waals surface area contributed by atoms with Crippen LogP contribution < -0.4 is 5.73 Å². The van der Waals surface area contributed by atoms with Gasteiger partial charge >= 0.3 is 6.18 Å². The number of rotatable bonds is 3. The SMILES string of the molecule is Cc1cc(-c2nc(N)c(C#N)c(-c3ccc(C(F)(F)F)cc3)c2C#N)ccc1CO. The van der Waals surface area contributed by atoms with Crippen LogP contribution in [0.5, 0.6) is 0 Å². The highest BCUT2D eigenvalue weighted by Gasteiger charge is 2.30. The highest BCUT2D eigenvalue weighted by Crippen LogP contribution is 2.38. The fraction of sp³-hybridized carbons (Fsp3) is 0.136. The second-order valence-corrected chi connectivity index (χ2v) is 6.57. The van der Waals surface area contributed by atoms with E-state index in [2.05, 4.69) is 4.98 Å². The number of anilines is 1. The van der Waals surface area contributed by atoms with Gasteiger partial charge in [0.15, 0.2) is 0 Å². The zero-order valence-corrected chi connectivity index (χ0v) is 15.7. The molecule has 30 heavy (non-hydrogen) atoms. The Morgan fingerprint density at radius 2 is 1.60 bits per heavy atom. The highest BCUT2D eigenvalue weighted by molar-refractivity contribution is 5.87. The van der Waals surface area contributed by atoms with E-state index in [9.17, 15) is 28.8 Å². The van der Waals surface area contributed by atoms with Gasteiger partial charge < -0.3 is 10.8 Å². The Balaban J connectivity index is 2.29. The number of hydrogen-bond donors (Lipinski definition) is 2. The molecule has 0 amide bonds. The lowest BCUT2D eigenvalue weighted by Crippen LogP contribution is -2.06. The number of alkyl halides is 3. The van der Waals surface area contributed by atoms with Crippen LogP contribution in [0.25, 0.3) is 22.4 Å². The number of halogens is 3. The molecule has 8 heteroatoms. The Bertz CT molecular complexity index is 1200. The van der Waals surface area contributed by atoms with Crippen LogP contribution in [-0.2, 0) is 12.8 Å². The molecule has 5 nitrogen and oxygen atoms in total. The first-order chi connectivity index (χ1) is 14.2. The van der Waals surface area contributed by atoms with Crippen molar-refractivity contribution in [1.82, 2.24) is 4.98 Å². The van der Waals surface area contributed by atoms with Crippen LogP contribution in [0.2, 0.25) is 0 Å². The molecular weight excluding hydrogens is 393 g/mol. The van der Waals surface area contributed by atoms with Crippen molar-refractivity contribution in [3.63, 3.8) is 0 Å². The van der Waals surface area contributed by atoms with Crippen molar-refractivity contribution >= 4 is 5.82 Å². The third kappa shape index (κ3) is 3.69. The van der Waals surface area contributed by atoms with E-state index < -0.39 is 11.7 Å². The van der Waals surface area contributed by atoms with Crippen LogP contribution in [0, 0.1) is 29.6 Å². The summed E-state index contributed by atoms with van der Waals surface area (Å²) in [6.45, 7) is 1.63. The Hall–Kier alpha value is -3.88. The first-order valence-corrected chi connectivity index (χ1v) is 8.73. The molecule has 0 aliphatic heterocycles. The highest BCUT2D eigenvalue weighted by atomic mass is 19.4. The van der Waals surface area contributed by atoms with E-state index in [4.69, 9.17) is 5.73 Å². The molecule has 3 N–H and O–H groups in total. The number of aromatic nitrogens is 1. The Morgan fingerprint density at radius 1 is 1.00 bits per heavy atom. The summed E-state index contributed by atoms with van der Waals surface area (Å²) in [7, 11) is 0. The van der Waals surface area contributed by atoms with E-state index >= 15 is 0 Å². The Labute approximate surface area is 170 Å². The van der Waals surface area contributed by atoms with E-state index in [1.165, 1.54) is 12.1 Å². The zero-order valence-electron chi connectivity index (χ0n) is 15.7. The predicted octanol–water partition coefficient (Wildman–Crippen LogP) is 4.56. The quantitative estimate of drug-likeness (QED) is 0.661.